The van der Waals surface area contributed by atoms with Gasteiger partial charge >= 0.3 is 0 Å². The molecule has 2 aromatic rings. The van der Waals surface area contributed by atoms with Gasteiger partial charge in [-0.2, -0.15) is 0 Å². The Morgan fingerprint density at radius 2 is 1.90 bits per heavy atom. The van der Waals surface area contributed by atoms with E-state index in [1.807, 2.05) is 18.2 Å². The van der Waals surface area contributed by atoms with Gasteiger partial charge in [-0.25, -0.2) is 4.39 Å². The van der Waals surface area contributed by atoms with Crippen molar-refractivity contribution in [3.63, 3.8) is 0 Å². The van der Waals surface area contributed by atoms with Gasteiger partial charge in [0.1, 0.15) is 17.3 Å². The second-order valence-electron chi connectivity index (χ2n) is 4.65. The smallest absolute Gasteiger partial charge is 0.131 e. The van der Waals surface area contributed by atoms with Crippen molar-refractivity contribution < 1.29 is 13.9 Å². The van der Waals surface area contributed by atoms with Crippen molar-refractivity contribution >= 4 is 15.9 Å². The average Bonchev–Trinajstić information content (AvgIpc) is 2.47. The van der Waals surface area contributed by atoms with Crippen molar-refractivity contribution in [3.05, 3.63) is 57.8 Å². The summed E-state index contributed by atoms with van der Waals surface area (Å²) < 4.78 is 25.3. The number of hydrogen-bond donors (Lipinski definition) is 1. The van der Waals surface area contributed by atoms with Crippen LogP contribution in [0.4, 0.5) is 4.39 Å². The molecule has 0 spiro atoms. The first-order chi connectivity index (χ1) is 10.0. The van der Waals surface area contributed by atoms with Crippen LogP contribution in [0.1, 0.15) is 17.2 Å². The van der Waals surface area contributed by atoms with Crippen LogP contribution in [0.3, 0.4) is 0 Å². The summed E-state index contributed by atoms with van der Waals surface area (Å²) in [7, 11) is 3.10. The monoisotopic (exact) mass is 353 g/mol. The molecule has 0 saturated carbocycles. The van der Waals surface area contributed by atoms with E-state index in [0.717, 1.165) is 15.8 Å². The predicted octanol–water partition coefficient (Wildman–Crippen LogP) is 3.85. The molecule has 0 aromatic heterocycles. The second kappa shape index (κ2) is 6.91. The molecule has 1 unspecified atom stereocenters. The molecule has 0 aliphatic carbocycles. The second-order valence-corrected chi connectivity index (χ2v) is 5.57. The Morgan fingerprint density at radius 1 is 1.14 bits per heavy atom. The van der Waals surface area contributed by atoms with Gasteiger partial charge in [0.25, 0.3) is 0 Å². The van der Waals surface area contributed by atoms with Crippen LogP contribution in [0.25, 0.3) is 0 Å². The molecule has 0 saturated heterocycles. The molecule has 0 bridgehead atoms. The molecule has 3 nitrogen and oxygen atoms in total. The topological polar surface area (TPSA) is 44.5 Å². The lowest BCUT2D eigenvalue weighted by atomic mass is 9.98. The minimum Gasteiger partial charge on any atom is -0.497 e. The van der Waals surface area contributed by atoms with E-state index in [2.05, 4.69) is 15.9 Å². The minimum absolute atomic E-state index is 0.365. The number of benzene rings is 2. The van der Waals surface area contributed by atoms with E-state index in [1.165, 1.54) is 13.2 Å². The minimum atomic E-state index is -0.459. The normalized spacial score (nSPS) is 12.0. The summed E-state index contributed by atoms with van der Waals surface area (Å²) in [6, 6.07) is 9.92. The quantitative estimate of drug-likeness (QED) is 0.887. The summed E-state index contributed by atoms with van der Waals surface area (Å²) in [6.07, 6.45) is 0.478. The summed E-state index contributed by atoms with van der Waals surface area (Å²) in [4.78, 5) is 0. The summed E-state index contributed by atoms with van der Waals surface area (Å²) >= 11 is 3.42. The van der Waals surface area contributed by atoms with E-state index < -0.39 is 6.04 Å². The van der Waals surface area contributed by atoms with Crippen LogP contribution >= 0.6 is 15.9 Å². The zero-order chi connectivity index (χ0) is 15.4. The van der Waals surface area contributed by atoms with Gasteiger partial charge in [0, 0.05) is 22.1 Å². The Hall–Kier alpha value is -1.59. The van der Waals surface area contributed by atoms with E-state index in [4.69, 9.17) is 15.2 Å². The maximum Gasteiger partial charge on any atom is 0.131 e. The third-order valence-electron chi connectivity index (χ3n) is 3.29. The van der Waals surface area contributed by atoms with Crippen LogP contribution in [0, 0.1) is 5.82 Å². The average molecular weight is 354 g/mol. The fourth-order valence-corrected chi connectivity index (χ4v) is 2.60. The molecule has 0 amide bonds. The molecular formula is C16H17BrFNO2. The van der Waals surface area contributed by atoms with E-state index in [1.54, 1.807) is 19.2 Å². The molecule has 0 aliphatic rings. The summed E-state index contributed by atoms with van der Waals surface area (Å²) in [6.45, 7) is 0. The third kappa shape index (κ3) is 3.74. The van der Waals surface area contributed by atoms with Gasteiger partial charge < -0.3 is 15.2 Å². The van der Waals surface area contributed by atoms with Crippen LogP contribution in [0.2, 0.25) is 0 Å². The first-order valence-corrected chi connectivity index (χ1v) is 7.26. The summed E-state index contributed by atoms with van der Waals surface area (Å²) in [5, 5.41) is 0. The number of halogens is 2. The molecule has 2 aromatic carbocycles. The van der Waals surface area contributed by atoms with Gasteiger partial charge in [0.15, 0.2) is 0 Å². The van der Waals surface area contributed by atoms with Gasteiger partial charge in [0.05, 0.1) is 14.2 Å². The Morgan fingerprint density at radius 3 is 2.52 bits per heavy atom. The van der Waals surface area contributed by atoms with Crippen molar-refractivity contribution in [2.75, 3.05) is 14.2 Å². The maximum absolute atomic E-state index is 14.1. The highest BCUT2D eigenvalue weighted by Gasteiger charge is 2.15. The lowest BCUT2D eigenvalue weighted by molar-refractivity contribution is 0.406. The van der Waals surface area contributed by atoms with E-state index in [-0.39, 0.29) is 5.82 Å². The Bertz CT molecular complexity index is 634. The molecule has 1 atom stereocenters. The molecule has 2 N–H and O–H groups in total. The van der Waals surface area contributed by atoms with Gasteiger partial charge in [-0.3, -0.25) is 0 Å². The predicted molar refractivity (Wildman–Crippen MR) is 84.3 cm³/mol. The molecule has 2 rings (SSSR count). The van der Waals surface area contributed by atoms with E-state index in [0.29, 0.717) is 17.7 Å². The maximum atomic E-state index is 14.1. The number of methoxy groups -OCH3 is 2. The van der Waals surface area contributed by atoms with Crippen LogP contribution in [-0.4, -0.2) is 14.2 Å². The first kappa shape index (κ1) is 15.8. The lowest BCUT2D eigenvalue weighted by Gasteiger charge is -2.16. The molecule has 21 heavy (non-hydrogen) atoms. The summed E-state index contributed by atoms with van der Waals surface area (Å²) in [5.74, 6) is 0.849. The number of ether oxygens (including phenoxy) is 2. The van der Waals surface area contributed by atoms with E-state index in [9.17, 15) is 4.39 Å². The standard InChI is InChI=1S/C16H17BrFNO2/c1-20-12-4-5-13(14(18)9-12)15(19)8-10-7-11(17)3-6-16(10)21-2/h3-7,9,15H,8,19H2,1-2H3. The van der Waals surface area contributed by atoms with Gasteiger partial charge in [-0.05, 0) is 36.2 Å². The van der Waals surface area contributed by atoms with Crippen LogP contribution in [-0.2, 0) is 6.42 Å². The molecular weight excluding hydrogens is 337 g/mol. The Labute approximate surface area is 132 Å². The molecule has 0 fully saturated rings. The molecule has 112 valence electrons. The molecule has 0 radical (unpaired) electrons. The highest BCUT2D eigenvalue weighted by molar-refractivity contribution is 9.10. The third-order valence-corrected chi connectivity index (χ3v) is 3.78. The SMILES string of the molecule is COc1ccc(C(N)Cc2cc(Br)ccc2OC)c(F)c1. The first-order valence-electron chi connectivity index (χ1n) is 6.46. The van der Waals surface area contributed by atoms with Crippen LogP contribution in [0.5, 0.6) is 11.5 Å². The summed E-state index contributed by atoms with van der Waals surface area (Å²) in [5.41, 5.74) is 7.52. The van der Waals surface area contributed by atoms with Crippen molar-refractivity contribution in [3.8, 4) is 11.5 Å². The lowest BCUT2D eigenvalue weighted by Crippen LogP contribution is -2.15. The fourth-order valence-electron chi connectivity index (χ4n) is 2.19. The zero-order valence-electron chi connectivity index (χ0n) is 11.9. The van der Waals surface area contributed by atoms with E-state index >= 15 is 0 Å². The largest absolute Gasteiger partial charge is 0.497 e. The highest BCUT2D eigenvalue weighted by Crippen LogP contribution is 2.28. The fraction of sp³-hybridized carbons (Fsp3) is 0.250. The van der Waals surface area contributed by atoms with Gasteiger partial charge in [0.2, 0.25) is 0 Å². The van der Waals surface area contributed by atoms with Crippen molar-refractivity contribution in [2.45, 2.75) is 12.5 Å². The Kier molecular flexibility index (Phi) is 5.20. The number of hydrogen-bond acceptors (Lipinski definition) is 3. The van der Waals surface area contributed by atoms with Crippen LogP contribution in [0.15, 0.2) is 40.9 Å². The van der Waals surface area contributed by atoms with Gasteiger partial charge in [-0.1, -0.05) is 22.0 Å². The van der Waals surface area contributed by atoms with Crippen molar-refractivity contribution in [2.24, 2.45) is 5.73 Å². The van der Waals surface area contributed by atoms with Crippen LogP contribution < -0.4 is 15.2 Å². The van der Waals surface area contributed by atoms with Gasteiger partial charge in [-0.15, -0.1) is 0 Å². The molecule has 0 heterocycles. The zero-order valence-corrected chi connectivity index (χ0v) is 13.5. The highest BCUT2D eigenvalue weighted by atomic mass is 79.9. The Balaban J connectivity index is 2.25. The molecule has 0 aliphatic heterocycles. The molecule has 5 heteroatoms. The number of rotatable bonds is 5. The van der Waals surface area contributed by atoms with Crippen molar-refractivity contribution in [1.82, 2.24) is 0 Å². The number of nitrogens with two attached hydrogens (primary N) is 1. The van der Waals surface area contributed by atoms with Crippen molar-refractivity contribution in [1.29, 1.82) is 0 Å².